The minimum Gasteiger partial charge on any atom is -0.334 e. The second-order valence-electron chi connectivity index (χ2n) is 8.04. The van der Waals surface area contributed by atoms with Crippen molar-refractivity contribution in [3.63, 3.8) is 0 Å². The van der Waals surface area contributed by atoms with Gasteiger partial charge in [-0.1, -0.05) is 35.3 Å². The number of carbonyl (C=O) groups is 2. The zero-order valence-electron chi connectivity index (χ0n) is 16.6. The lowest BCUT2D eigenvalue weighted by molar-refractivity contribution is -0.117. The summed E-state index contributed by atoms with van der Waals surface area (Å²) in [5, 5.41) is 14.5. The fraction of sp³-hybridized carbons (Fsp3) is 0.318. The molecule has 33 heavy (non-hydrogen) atoms. The van der Waals surface area contributed by atoms with Crippen LogP contribution in [-0.4, -0.2) is 21.7 Å². The highest BCUT2D eigenvalue weighted by Gasteiger charge is 2.67. The van der Waals surface area contributed by atoms with Gasteiger partial charge in [0.05, 0.1) is 22.6 Å². The van der Waals surface area contributed by atoms with Gasteiger partial charge in [0.2, 0.25) is 5.91 Å². The van der Waals surface area contributed by atoms with Crippen molar-refractivity contribution >= 4 is 63.9 Å². The number of rotatable bonds is 6. The summed E-state index contributed by atoms with van der Waals surface area (Å²) in [6.07, 6.45) is -1.62. The van der Waals surface area contributed by atoms with Crippen molar-refractivity contribution in [1.29, 1.82) is 5.26 Å². The van der Waals surface area contributed by atoms with Gasteiger partial charge in [-0.3, -0.25) is 9.59 Å². The second-order valence-corrected chi connectivity index (χ2v) is 10.3. The molecule has 2 aliphatic rings. The molecular formula is C22H15Cl4F2N3O2. The average Bonchev–Trinajstić information content (AvgIpc) is 3.63. The maximum atomic E-state index is 13.0. The van der Waals surface area contributed by atoms with Gasteiger partial charge in [0.1, 0.15) is 9.87 Å². The normalized spacial score (nSPS) is 21.8. The summed E-state index contributed by atoms with van der Waals surface area (Å²) >= 11 is 24.7. The third kappa shape index (κ3) is 4.63. The minimum absolute atomic E-state index is 0.0979. The first-order chi connectivity index (χ1) is 15.5. The maximum Gasteiger partial charge on any atom is 0.265 e. The van der Waals surface area contributed by atoms with Gasteiger partial charge in [-0.25, -0.2) is 8.78 Å². The van der Waals surface area contributed by atoms with Crippen LogP contribution < -0.4 is 10.6 Å². The molecule has 2 fully saturated rings. The molecule has 0 saturated heterocycles. The van der Waals surface area contributed by atoms with Gasteiger partial charge in [-0.2, -0.15) is 5.26 Å². The van der Waals surface area contributed by atoms with Crippen molar-refractivity contribution in [3.8, 4) is 6.07 Å². The number of nitrogens with zero attached hydrogens (tertiary/aromatic N) is 1. The van der Waals surface area contributed by atoms with Gasteiger partial charge in [0, 0.05) is 22.2 Å². The summed E-state index contributed by atoms with van der Waals surface area (Å²) in [5.41, 5.74) is -0.373. The second kappa shape index (κ2) is 8.59. The molecule has 2 N–H and O–H groups in total. The molecule has 2 aromatic carbocycles. The molecule has 11 heteroatoms. The SMILES string of the molecule is N#CC1(NC(=O)c2cc(NC(=O)C3C(c4ccc(C(F)F)c(Cl)c4)C3(Cl)Cl)ccc2Cl)CC1. The molecule has 2 atom stereocenters. The number of carbonyl (C=O) groups excluding carboxylic acids is 2. The Morgan fingerprint density at radius 2 is 1.79 bits per heavy atom. The Labute approximate surface area is 207 Å². The average molecular weight is 533 g/mol. The fourth-order valence-electron chi connectivity index (χ4n) is 3.65. The Bertz CT molecular complexity index is 1190. The van der Waals surface area contributed by atoms with Gasteiger partial charge in [-0.15, -0.1) is 23.2 Å². The first-order valence-electron chi connectivity index (χ1n) is 9.78. The van der Waals surface area contributed by atoms with Crippen LogP contribution in [0.25, 0.3) is 0 Å². The zero-order chi connectivity index (χ0) is 24.1. The molecule has 0 radical (unpaired) electrons. The van der Waals surface area contributed by atoms with Crippen molar-refractivity contribution in [2.24, 2.45) is 5.92 Å². The molecule has 2 unspecified atom stereocenters. The van der Waals surface area contributed by atoms with E-state index in [-0.39, 0.29) is 26.9 Å². The van der Waals surface area contributed by atoms with Crippen LogP contribution in [0.3, 0.4) is 0 Å². The molecule has 0 heterocycles. The van der Waals surface area contributed by atoms with Gasteiger partial charge >= 0.3 is 0 Å². The molecule has 2 saturated carbocycles. The summed E-state index contributed by atoms with van der Waals surface area (Å²) in [7, 11) is 0. The van der Waals surface area contributed by atoms with Crippen LogP contribution in [0.4, 0.5) is 14.5 Å². The molecule has 0 bridgehead atoms. The lowest BCUT2D eigenvalue weighted by atomic mass is 10.1. The predicted octanol–water partition coefficient (Wildman–Crippen LogP) is 6.24. The third-order valence-electron chi connectivity index (χ3n) is 5.75. The zero-order valence-corrected chi connectivity index (χ0v) is 19.7. The van der Waals surface area contributed by atoms with E-state index in [1.165, 1.54) is 36.4 Å². The Kier molecular flexibility index (Phi) is 6.25. The lowest BCUT2D eigenvalue weighted by Gasteiger charge is -2.12. The van der Waals surface area contributed by atoms with Crippen LogP contribution in [0.15, 0.2) is 36.4 Å². The molecular weight excluding hydrogens is 518 g/mol. The quantitative estimate of drug-likeness (QED) is 0.432. The number of halogens is 6. The molecule has 0 aliphatic heterocycles. The van der Waals surface area contributed by atoms with Crippen LogP contribution in [0, 0.1) is 17.2 Å². The predicted molar refractivity (Wildman–Crippen MR) is 122 cm³/mol. The lowest BCUT2D eigenvalue weighted by Crippen LogP contribution is -2.35. The largest absolute Gasteiger partial charge is 0.334 e. The van der Waals surface area contributed by atoms with Crippen LogP contribution in [0.5, 0.6) is 0 Å². The summed E-state index contributed by atoms with van der Waals surface area (Å²) in [6, 6.07) is 10.3. The summed E-state index contributed by atoms with van der Waals surface area (Å²) in [4.78, 5) is 25.4. The van der Waals surface area contributed by atoms with Gasteiger partial charge < -0.3 is 10.6 Å². The molecule has 4 rings (SSSR count). The van der Waals surface area contributed by atoms with Gasteiger partial charge in [-0.05, 0) is 42.7 Å². The van der Waals surface area contributed by atoms with E-state index in [1.54, 1.807) is 0 Å². The summed E-state index contributed by atoms with van der Waals surface area (Å²) in [6.45, 7) is 0. The number of hydrogen-bond donors (Lipinski definition) is 2. The molecule has 0 aromatic heterocycles. The number of benzene rings is 2. The molecule has 2 aliphatic carbocycles. The topological polar surface area (TPSA) is 82.0 Å². The molecule has 0 spiro atoms. The summed E-state index contributed by atoms with van der Waals surface area (Å²) in [5.74, 6) is -2.60. The molecule has 172 valence electrons. The van der Waals surface area contributed by atoms with E-state index in [2.05, 4.69) is 16.7 Å². The van der Waals surface area contributed by atoms with Crippen LogP contribution in [-0.2, 0) is 4.79 Å². The standard InChI is InChI=1S/C22H15Cl4F2N3O2/c23-14-4-2-11(8-13(14)19(32)31-21(9-29)5-6-21)30-20(33)17-16(22(17,25)26)10-1-3-12(18(27)28)15(24)7-10/h1-4,7-8,16-18H,5-6H2,(H,30,33)(H,31,32). The van der Waals surface area contributed by atoms with Crippen LogP contribution in [0.2, 0.25) is 10.0 Å². The van der Waals surface area contributed by atoms with E-state index in [4.69, 9.17) is 51.7 Å². The smallest absolute Gasteiger partial charge is 0.265 e. The van der Waals surface area contributed by atoms with Crippen molar-refractivity contribution in [1.82, 2.24) is 5.32 Å². The minimum atomic E-state index is -2.74. The Morgan fingerprint density at radius 1 is 1.09 bits per heavy atom. The van der Waals surface area contributed by atoms with E-state index in [0.717, 1.165) is 0 Å². The van der Waals surface area contributed by atoms with Crippen LogP contribution >= 0.6 is 46.4 Å². The first kappa shape index (κ1) is 24.0. The van der Waals surface area contributed by atoms with E-state index in [9.17, 15) is 18.4 Å². The van der Waals surface area contributed by atoms with Crippen molar-refractivity contribution in [3.05, 3.63) is 63.1 Å². The number of anilines is 1. The van der Waals surface area contributed by atoms with Crippen molar-refractivity contribution in [2.75, 3.05) is 5.32 Å². The van der Waals surface area contributed by atoms with Crippen molar-refractivity contribution < 1.29 is 18.4 Å². The van der Waals surface area contributed by atoms with Gasteiger partial charge in [0.25, 0.3) is 12.3 Å². The number of nitriles is 1. The van der Waals surface area contributed by atoms with Crippen LogP contribution in [0.1, 0.15) is 46.7 Å². The molecule has 2 aromatic rings. The monoisotopic (exact) mass is 531 g/mol. The molecule has 2 amide bonds. The number of amides is 2. The molecule has 5 nitrogen and oxygen atoms in total. The summed E-state index contributed by atoms with van der Waals surface area (Å²) < 4.78 is 24.4. The Balaban J connectivity index is 1.50. The highest BCUT2D eigenvalue weighted by Crippen LogP contribution is 2.65. The number of alkyl halides is 4. The van der Waals surface area contributed by atoms with E-state index >= 15 is 0 Å². The van der Waals surface area contributed by atoms with E-state index in [0.29, 0.717) is 18.4 Å². The highest BCUT2D eigenvalue weighted by atomic mass is 35.5. The van der Waals surface area contributed by atoms with Gasteiger partial charge in [0.15, 0.2) is 0 Å². The number of hydrogen-bond acceptors (Lipinski definition) is 3. The van der Waals surface area contributed by atoms with E-state index in [1.807, 2.05) is 0 Å². The van der Waals surface area contributed by atoms with E-state index < -0.39 is 39.9 Å². The van der Waals surface area contributed by atoms with Crippen molar-refractivity contribution in [2.45, 2.75) is 35.1 Å². The Hall–Kier alpha value is -2.11. The maximum absolute atomic E-state index is 13.0. The highest BCUT2D eigenvalue weighted by molar-refractivity contribution is 6.53. The Morgan fingerprint density at radius 3 is 2.36 bits per heavy atom. The third-order valence-corrected chi connectivity index (χ3v) is 7.35. The number of nitrogens with one attached hydrogen (secondary N) is 2. The fourth-order valence-corrected chi connectivity index (χ4v) is 4.96. The first-order valence-corrected chi connectivity index (χ1v) is 11.3.